The number of ether oxygens (including phenoxy) is 2. The van der Waals surface area contributed by atoms with E-state index in [2.05, 4.69) is 15.5 Å². The van der Waals surface area contributed by atoms with Gasteiger partial charge in [0, 0.05) is 61.4 Å². The van der Waals surface area contributed by atoms with Gasteiger partial charge < -0.3 is 20.1 Å². The summed E-state index contributed by atoms with van der Waals surface area (Å²) in [6, 6.07) is 9.25. The molecule has 0 saturated carbocycles. The van der Waals surface area contributed by atoms with Crippen LogP contribution in [-0.4, -0.2) is 50.8 Å². The van der Waals surface area contributed by atoms with Crippen LogP contribution in [0.4, 0.5) is 0 Å². The SMILES string of the molecule is CCOc1cc(CNCCN2CCNCC2)cc(Cl)c1OCc1c(Cl)cccc1Cl. The first kappa shape index (κ1) is 23.5. The standard InChI is InChI=1S/C22H28Cl3N3O2/c1-2-29-21-13-16(14-27-8-11-28-9-6-26-7-10-28)12-20(25)22(21)30-15-17-18(23)4-3-5-19(17)24/h3-5,12-13,26-27H,2,6-11,14-15H2,1H3. The van der Waals surface area contributed by atoms with E-state index in [4.69, 9.17) is 44.3 Å². The molecule has 2 N–H and O–H groups in total. The van der Waals surface area contributed by atoms with E-state index in [1.807, 2.05) is 19.1 Å². The maximum atomic E-state index is 6.54. The zero-order chi connectivity index (χ0) is 21.3. The van der Waals surface area contributed by atoms with Gasteiger partial charge >= 0.3 is 0 Å². The lowest BCUT2D eigenvalue weighted by molar-refractivity contribution is 0.241. The van der Waals surface area contributed by atoms with Crippen molar-refractivity contribution in [1.82, 2.24) is 15.5 Å². The van der Waals surface area contributed by atoms with Crippen LogP contribution in [0, 0.1) is 0 Å². The summed E-state index contributed by atoms with van der Waals surface area (Å²) in [6.07, 6.45) is 0. The normalized spacial score (nSPS) is 14.7. The van der Waals surface area contributed by atoms with Crippen molar-refractivity contribution in [2.45, 2.75) is 20.1 Å². The minimum atomic E-state index is 0.209. The Labute approximate surface area is 193 Å². The second-order valence-corrected chi connectivity index (χ2v) is 8.32. The summed E-state index contributed by atoms with van der Waals surface area (Å²) in [5, 5.41) is 8.47. The largest absolute Gasteiger partial charge is 0.490 e. The van der Waals surface area contributed by atoms with Crippen LogP contribution < -0.4 is 20.1 Å². The quantitative estimate of drug-likeness (QED) is 0.494. The zero-order valence-corrected chi connectivity index (χ0v) is 19.4. The van der Waals surface area contributed by atoms with Gasteiger partial charge in [0.1, 0.15) is 6.61 Å². The molecule has 1 fully saturated rings. The van der Waals surface area contributed by atoms with Gasteiger partial charge in [0.05, 0.1) is 11.6 Å². The molecule has 1 heterocycles. The van der Waals surface area contributed by atoms with E-state index >= 15 is 0 Å². The number of rotatable bonds is 10. The summed E-state index contributed by atoms with van der Waals surface area (Å²) in [6.45, 7) is 9.65. The summed E-state index contributed by atoms with van der Waals surface area (Å²) >= 11 is 19.0. The molecule has 2 aromatic rings. The highest BCUT2D eigenvalue weighted by atomic mass is 35.5. The predicted molar refractivity (Wildman–Crippen MR) is 124 cm³/mol. The number of nitrogens with one attached hydrogen (secondary N) is 2. The Morgan fingerprint density at radius 3 is 2.47 bits per heavy atom. The Hall–Kier alpha value is -1.21. The second kappa shape index (κ2) is 12.0. The van der Waals surface area contributed by atoms with Crippen molar-refractivity contribution in [3.8, 4) is 11.5 Å². The van der Waals surface area contributed by atoms with E-state index in [1.165, 1.54) is 0 Å². The monoisotopic (exact) mass is 471 g/mol. The Kier molecular flexibility index (Phi) is 9.37. The zero-order valence-electron chi connectivity index (χ0n) is 17.1. The van der Waals surface area contributed by atoms with Gasteiger partial charge in [0.2, 0.25) is 0 Å². The first-order valence-corrected chi connectivity index (χ1v) is 11.4. The fourth-order valence-electron chi connectivity index (χ4n) is 3.35. The lowest BCUT2D eigenvalue weighted by Gasteiger charge is -2.27. The Morgan fingerprint density at radius 2 is 1.77 bits per heavy atom. The fraction of sp³-hybridized carbons (Fsp3) is 0.455. The molecule has 1 aliphatic rings. The van der Waals surface area contributed by atoms with Crippen molar-refractivity contribution in [3.05, 3.63) is 56.5 Å². The Bertz CT molecular complexity index is 809. The number of piperazine rings is 1. The molecule has 0 radical (unpaired) electrons. The van der Waals surface area contributed by atoms with Gasteiger partial charge in [-0.2, -0.15) is 0 Å². The van der Waals surface area contributed by atoms with Crippen LogP contribution >= 0.6 is 34.8 Å². The van der Waals surface area contributed by atoms with Crippen LogP contribution in [0.15, 0.2) is 30.3 Å². The van der Waals surface area contributed by atoms with Crippen molar-refractivity contribution in [2.75, 3.05) is 45.9 Å². The van der Waals surface area contributed by atoms with E-state index in [1.54, 1.807) is 18.2 Å². The molecule has 0 atom stereocenters. The van der Waals surface area contributed by atoms with E-state index in [0.29, 0.717) is 39.7 Å². The van der Waals surface area contributed by atoms with Crippen LogP contribution in [0.25, 0.3) is 0 Å². The van der Waals surface area contributed by atoms with Gasteiger partial charge in [-0.3, -0.25) is 4.90 Å². The summed E-state index contributed by atoms with van der Waals surface area (Å²) in [5.74, 6) is 1.12. The average molecular weight is 473 g/mol. The minimum absolute atomic E-state index is 0.209. The van der Waals surface area contributed by atoms with E-state index in [-0.39, 0.29) is 6.61 Å². The molecule has 0 aliphatic carbocycles. The maximum Gasteiger partial charge on any atom is 0.180 e. The van der Waals surface area contributed by atoms with Crippen LogP contribution in [0.1, 0.15) is 18.1 Å². The lowest BCUT2D eigenvalue weighted by atomic mass is 10.2. The molecule has 30 heavy (non-hydrogen) atoms. The van der Waals surface area contributed by atoms with Crippen molar-refractivity contribution >= 4 is 34.8 Å². The van der Waals surface area contributed by atoms with E-state index in [9.17, 15) is 0 Å². The highest BCUT2D eigenvalue weighted by Crippen LogP contribution is 2.38. The highest BCUT2D eigenvalue weighted by molar-refractivity contribution is 6.36. The molecule has 0 spiro atoms. The molecule has 164 valence electrons. The number of halogens is 3. The summed E-state index contributed by atoms with van der Waals surface area (Å²) in [5.41, 5.74) is 1.77. The average Bonchev–Trinajstić information content (AvgIpc) is 2.73. The van der Waals surface area contributed by atoms with E-state index in [0.717, 1.165) is 50.4 Å². The molecule has 8 heteroatoms. The summed E-state index contributed by atoms with van der Waals surface area (Å²) in [4.78, 5) is 2.46. The molecular formula is C22H28Cl3N3O2. The number of hydrogen-bond donors (Lipinski definition) is 2. The molecule has 1 aliphatic heterocycles. The van der Waals surface area contributed by atoms with Crippen LogP contribution in [-0.2, 0) is 13.2 Å². The molecule has 5 nitrogen and oxygen atoms in total. The lowest BCUT2D eigenvalue weighted by Crippen LogP contribution is -2.45. The Morgan fingerprint density at radius 1 is 1.03 bits per heavy atom. The fourth-order valence-corrected chi connectivity index (χ4v) is 4.14. The first-order valence-electron chi connectivity index (χ1n) is 10.2. The molecule has 0 bridgehead atoms. The smallest absolute Gasteiger partial charge is 0.180 e. The third-order valence-electron chi connectivity index (χ3n) is 4.94. The van der Waals surface area contributed by atoms with Gasteiger partial charge in [0.25, 0.3) is 0 Å². The highest BCUT2D eigenvalue weighted by Gasteiger charge is 2.15. The predicted octanol–water partition coefficient (Wildman–Crippen LogP) is 4.62. The van der Waals surface area contributed by atoms with Gasteiger partial charge in [-0.15, -0.1) is 0 Å². The molecule has 0 unspecified atom stereocenters. The molecule has 0 amide bonds. The molecule has 1 saturated heterocycles. The number of hydrogen-bond acceptors (Lipinski definition) is 5. The van der Waals surface area contributed by atoms with Gasteiger partial charge in [0.15, 0.2) is 11.5 Å². The minimum Gasteiger partial charge on any atom is -0.490 e. The summed E-state index contributed by atoms with van der Waals surface area (Å²) < 4.78 is 11.8. The number of nitrogens with zero attached hydrogens (tertiary/aromatic N) is 1. The third kappa shape index (κ3) is 6.64. The van der Waals surface area contributed by atoms with Crippen molar-refractivity contribution < 1.29 is 9.47 Å². The van der Waals surface area contributed by atoms with Gasteiger partial charge in [-0.05, 0) is 36.8 Å². The van der Waals surface area contributed by atoms with Gasteiger partial charge in [-0.25, -0.2) is 0 Å². The molecule has 2 aromatic carbocycles. The van der Waals surface area contributed by atoms with Crippen LogP contribution in [0.2, 0.25) is 15.1 Å². The van der Waals surface area contributed by atoms with Crippen molar-refractivity contribution in [2.24, 2.45) is 0 Å². The summed E-state index contributed by atoms with van der Waals surface area (Å²) in [7, 11) is 0. The molecule has 0 aromatic heterocycles. The van der Waals surface area contributed by atoms with Crippen molar-refractivity contribution in [1.29, 1.82) is 0 Å². The third-order valence-corrected chi connectivity index (χ3v) is 5.92. The molecular weight excluding hydrogens is 445 g/mol. The van der Waals surface area contributed by atoms with Crippen LogP contribution in [0.3, 0.4) is 0 Å². The Balaban J connectivity index is 1.61. The van der Waals surface area contributed by atoms with E-state index < -0.39 is 0 Å². The first-order chi connectivity index (χ1) is 14.6. The van der Waals surface area contributed by atoms with Gasteiger partial charge in [-0.1, -0.05) is 40.9 Å². The van der Waals surface area contributed by atoms with Crippen molar-refractivity contribution in [3.63, 3.8) is 0 Å². The maximum absolute atomic E-state index is 6.54. The van der Waals surface area contributed by atoms with Crippen LogP contribution in [0.5, 0.6) is 11.5 Å². The molecule has 3 rings (SSSR count). The number of benzene rings is 2. The second-order valence-electron chi connectivity index (χ2n) is 7.10. The topological polar surface area (TPSA) is 45.8 Å².